The first-order chi connectivity index (χ1) is 7.47. The molecule has 1 saturated heterocycles. The number of hydrogen-bond acceptors (Lipinski definition) is 3. The molecule has 3 nitrogen and oxygen atoms in total. The zero-order valence-electron chi connectivity index (χ0n) is 8.85. The lowest BCUT2D eigenvalue weighted by Gasteiger charge is -2.18. The van der Waals surface area contributed by atoms with Crippen molar-refractivity contribution in [3.8, 4) is 0 Å². The van der Waals surface area contributed by atoms with Crippen molar-refractivity contribution in [3.63, 3.8) is 0 Å². The van der Waals surface area contributed by atoms with E-state index in [-0.39, 0.29) is 6.54 Å². The summed E-state index contributed by atoms with van der Waals surface area (Å²) < 4.78 is 35.5. The number of thioether (sulfide) groups is 1. The van der Waals surface area contributed by atoms with E-state index in [0.29, 0.717) is 0 Å². The highest BCUT2D eigenvalue weighted by atomic mass is 32.2. The molecule has 0 radical (unpaired) electrons. The Bertz CT molecular complexity index is 227. The van der Waals surface area contributed by atoms with Gasteiger partial charge in [-0.25, -0.2) is 0 Å². The Morgan fingerprint density at radius 2 is 2.06 bits per heavy atom. The normalized spacial score (nSPS) is 19.2. The number of amides is 1. The molecule has 16 heavy (non-hydrogen) atoms. The Morgan fingerprint density at radius 3 is 2.75 bits per heavy atom. The summed E-state index contributed by atoms with van der Waals surface area (Å²) >= 11 is 1.81. The Labute approximate surface area is 96.7 Å². The molecule has 1 N–H and O–H groups in total. The van der Waals surface area contributed by atoms with Gasteiger partial charge in [-0.2, -0.15) is 24.9 Å². The van der Waals surface area contributed by atoms with Crippen LogP contribution in [0.3, 0.4) is 0 Å². The van der Waals surface area contributed by atoms with E-state index in [2.05, 4.69) is 0 Å². The van der Waals surface area contributed by atoms with Crippen molar-refractivity contribution in [2.45, 2.75) is 12.6 Å². The molecule has 7 heteroatoms. The number of carbonyl (C=O) groups excluding carboxylic acids is 1. The third-order valence-corrected chi connectivity index (χ3v) is 3.22. The predicted octanol–water partition coefficient (Wildman–Crippen LogP) is 1.10. The van der Waals surface area contributed by atoms with E-state index in [9.17, 15) is 18.0 Å². The second-order valence-corrected chi connectivity index (χ2v) is 4.86. The maximum Gasteiger partial charge on any atom is 0.405 e. The van der Waals surface area contributed by atoms with E-state index in [1.807, 2.05) is 22.0 Å². The van der Waals surface area contributed by atoms with Gasteiger partial charge in [0.1, 0.15) is 6.54 Å². The standard InChI is InChI=1S/C9H15F3N2OS/c10-9(11,12)7-13-8(15)6-14-2-1-4-16-5-3-14/h1-7H2,(H,13,15). The second kappa shape index (κ2) is 6.34. The Kier molecular flexibility index (Phi) is 5.40. The summed E-state index contributed by atoms with van der Waals surface area (Å²) in [5.74, 6) is 1.44. The molecule has 1 rings (SSSR count). The molecule has 0 aromatic carbocycles. The van der Waals surface area contributed by atoms with Crippen LogP contribution in [-0.4, -0.2) is 54.7 Å². The van der Waals surface area contributed by atoms with Crippen molar-refractivity contribution in [2.24, 2.45) is 0 Å². The van der Waals surface area contributed by atoms with Crippen molar-refractivity contribution in [1.82, 2.24) is 10.2 Å². The minimum Gasteiger partial charge on any atom is -0.346 e. The molecule has 94 valence electrons. The quantitative estimate of drug-likeness (QED) is 0.821. The number of rotatable bonds is 3. The van der Waals surface area contributed by atoms with Crippen LogP contribution in [0.5, 0.6) is 0 Å². The monoisotopic (exact) mass is 256 g/mol. The average Bonchev–Trinajstić information content (AvgIpc) is 2.42. The van der Waals surface area contributed by atoms with Crippen molar-refractivity contribution in [2.75, 3.05) is 37.7 Å². The first-order valence-electron chi connectivity index (χ1n) is 5.11. The van der Waals surface area contributed by atoms with Crippen molar-refractivity contribution < 1.29 is 18.0 Å². The first-order valence-corrected chi connectivity index (χ1v) is 6.26. The van der Waals surface area contributed by atoms with Gasteiger partial charge >= 0.3 is 6.18 Å². The number of nitrogens with zero attached hydrogens (tertiary/aromatic N) is 1. The zero-order valence-corrected chi connectivity index (χ0v) is 9.66. The van der Waals surface area contributed by atoms with Gasteiger partial charge in [0, 0.05) is 12.3 Å². The van der Waals surface area contributed by atoms with Gasteiger partial charge in [0.25, 0.3) is 0 Å². The third-order valence-electron chi connectivity index (χ3n) is 2.17. The average molecular weight is 256 g/mol. The lowest BCUT2D eigenvalue weighted by Crippen LogP contribution is -2.41. The fraction of sp³-hybridized carbons (Fsp3) is 0.889. The van der Waals surface area contributed by atoms with Gasteiger partial charge in [0.2, 0.25) is 5.91 Å². The van der Waals surface area contributed by atoms with Crippen LogP contribution in [0, 0.1) is 0 Å². The number of halogens is 3. The fourth-order valence-corrected chi connectivity index (χ4v) is 2.34. The molecule has 0 aromatic heterocycles. The van der Waals surface area contributed by atoms with Crippen LogP contribution in [0.1, 0.15) is 6.42 Å². The second-order valence-electron chi connectivity index (χ2n) is 3.63. The molecule has 0 spiro atoms. The maximum absolute atomic E-state index is 11.8. The lowest BCUT2D eigenvalue weighted by molar-refractivity contribution is -0.139. The zero-order chi connectivity index (χ0) is 12.0. The van der Waals surface area contributed by atoms with E-state index < -0.39 is 18.6 Å². The minimum absolute atomic E-state index is 0.0661. The largest absolute Gasteiger partial charge is 0.405 e. The van der Waals surface area contributed by atoms with Gasteiger partial charge in [0.05, 0.1) is 6.54 Å². The third kappa shape index (κ3) is 6.22. The van der Waals surface area contributed by atoms with E-state index in [4.69, 9.17) is 0 Å². The Balaban J connectivity index is 2.22. The molecule has 0 aliphatic carbocycles. The van der Waals surface area contributed by atoms with E-state index in [1.165, 1.54) is 0 Å². The van der Waals surface area contributed by atoms with E-state index >= 15 is 0 Å². The molecule has 1 aliphatic rings. The molecular weight excluding hydrogens is 241 g/mol. The van der Waals surface area contributed by atoms with Gasteiger partial charge in [-0.1, -0.05) is 0 Å². The summed E-state index contributed by atoms with van der Waals surface area (Å²) in [6.07, 6.45) is -3.35. The van der Waals surface area contributed by atoms with Crippen LogP contribution in [0.15, 0.2) is 0 Å². The Hall–Kier alpha value is -0.430. The highest BCUT2D eigenvalue weighted by Crippen LogP contribution is 2.12. The van der Waals surface area contributed by atoms with Crippen LogP contribution in [0.2, 0.25) is 0 Å². The molecule has 0 atom stereocenters. The number of carbonyl (C=O) groups is 1. The van der Waals surface area contributed by atoms with Crippen molar-refractivity contribution in [1.29, 1.82) is 0 Å². The first kappa shape index (κ1) is 13.6. The van der Waals surface area contributed by atoms with Crippen LogP contribution in [-0.2, 0) is 4.79 Å². The van der Waals surface area contributed by atoms with Crippen LogP contribution in [0.25, 0.3) is 0 Å². The van der Waals surface area contributed by atoms with Gasteiger partial charge in [-0.3, -0.25) is 9.69 Å². The summed E-state index contributed by atoms with van der Waals surface area (Å²) in [6, 6.07) is 0. The van der Waals surface area contributed by atoms with Crippen LogP contribution >= 0.6 is 11.8 Å². The molecule has 0 saturated carbocycles. The molecule has 1 amide bonds. The highest BCUT2D eigenvalue weighted by Gasteiger charge is 2.27. The fourth-order valence-electron chi connectivity index (χ4n) is 1.41. The number of hydrogen-bond donors (Lipinski definition) is 1. The molecule has 1 fully saturated rings. The summed E-state index contributed by atoms with van der Waals surface area (Å²) in [4.78, 5) is 13.1. The number of alkyl halides is 3. The molecular formula is C9H15F3N2OS. The van der Waals surface area contributed by atoms with Crippen LogP contribution < -0.4 is 5.32 Å². The maximum atomic E-state index is 11.8. The smallest absolute Gasteiger partial charge is 0.346 e. The summed E-state index contributed by atoms with van der Waals surface area (Å²) in [5, 5.41) is 1.88. The van der Waals surface area contributed by atoms with Gasteiger partial charge in [-0.05, 0) is 18.7 Å². The van der Waals surface area contributed by atoms with Gasteiger partial charge in [0.15, 0.2) is 0 Å². The van der Waals surface area contributed by atoms with E-state index in [0.717, 1.165) is 31.0 Å². The molecule has 0 bridgehead atoms. The lowest BCUT2D eigenvalue weighted by atomic mass is 10.4. The highest BCUT2D eigenvalue weighted by molar-refractivity contribution is 7.99. The topological polar surface area (TPSA) is 32.3 Å². The minimum atomic E-state index is -4.33. The van der Waals surface area contributed by atoms with Crippen LogP contribution in [0.4, 0.5) is 13.2 Å². The SMILES string of the molecule is O=C(CN1CCCSCC1)NCC(F)(F)F. The van der Waals surface area contributed by atoms with Crippen molar-refractivity contribution in [3.05, 3.63) is 0 Å². The molecule has 0 aromatic rings. The molecule has 0 unspecified atom stereocenters. The van der Waals surface area contributed by atoms with Gasteiger partial charge in [-0.15, -0.1) is 0 Å². The molecule has 1 aliphatic heterocycles. The summed E-state index contributed by atoms with van der Waals surface area (Å²) in [5.41, 5.74) is 0. The number of nitrogens with one attached hydrogen (secondary N) is 1. The van der Waals surface area contributed by atoms with Gasteiger partial charge < -0.3 is 5.32 Å². The predicted molar refractivity (Wildman–Crippen MR) is 57.4 cm³/mol. The molecule has 1 heterocycles. The summed E-state index contributed by atoms with van der Waals surface area (Å²) in [6.45, 7) is 0.377. The Morgan fingerprint density at radius 1 is 1.31 bits per heavy atom. The summed E-state index contributed by atoms with van der Waals surface area (Å²) in [7, 11) is 0. The van der Waals surface area contributed by atoms with Crippen molar-refractivity contribution >= 4 is 17.7 Å². The van der Waals surface area contributed by atoms with E-state index in [1.54, 1.807) is 0 Å².